The maximum Gasteiger partial charge on any atom is 0.206 e. The molecule has 0 heterocycles. The first kappa shape index (κ1) is 7.59. The number of benzene rings is 1. The van der Waals surface area contributed by atoms with Gasteiger partial charge in [0.1, 0.15) is 0 Å². The predicted molar refractivity (Wildman–Crippen MR) is 45.4 cm³/mol. The lowest BCUT2D eigenvalue weighted by Gasteiger charge is -1.94. The molecule has 0 radical (unpaired) electrons. The van der Waals surface area contributed by atoms with E-state index < -0.39 is 0 Å². The van der Waals surface area contributed by atoms with Gasteiger partial charge < -0.3 is 0 Å². The van der Waals surface area contributed by atoms with Crippen molar-refractivity contribution in [3.63, 3.8) is 0 Å². The molecule has 0 aromatic heterocycles. The lowest BCUT2D eigenvalue weighted by atomic mass is 10.3. The minimum absolute atomic E-state index is 0.482. The van der Waals surface area contributed by atoms with Gasteiger partial charge in [0.15, 0.2) is 0 Å². The Hall–Kier alpha value is -0.520. The summed E-state index contributed by atoms with van der Waals surface area (Å²) in [6.45, 7) is 6.70. The first-order chi connectivity index (χ1) is 4.75. The van der Waals surface area contributed by atoms with Gasteiger partial charge in [-0.25, -0.2) is 4.85 Å². The standard InChI is InChI=1S/C7H3BrClN/c1-10-6-4-2-3-5(8)7(6)9/h2-4H. The molecule has 0 atom stereocenters. The van der Waals surface area contributed by atoms with Crippen LogP contribution in [0.3, 0.4) is 0 Å². The third-order valence-corrected chi connectivity index (χ3v) is 2.34. The van der Waals surface area contributed by atoms with Crippen molar-refractivity contribution in [2.24, 2.45) is 0 Å². The molecule has 0 N–H and O–H groups in total. The second-order valence-corrected chi connectivity index (χ2v) is 2.92. The van der Waals surface area contributed by atoms with Crippen molar-refractivity contribution in [1.29, 1.82) is 0 Å². The Morgan fingerprint density at radius 2 is 2.20 bits per heavy atom. The Kier molecular flexibility index (Phi) is 2.31. The molecule has 0 saturated carbocycles. The van der Waals surface area contributed by atoms with Gasteiger partial charge in [-0.05, 0) is 6.07 Å². The molecule has 3 heteroatoms. The van der Waals surface area contributed by atoms with E-state index in [1.807, 2.05) is 0 Å². The fraction of sp³-hybridized carbons (Fsp3) is 0. The van der Waals surface area contributed by atoms with Crippen molar-refractivity contribution in [3.05, 3.63) is 39.1 Å². The van der Waals surface area contributed by atoms with Gasteiger partial charge in [0.2, 0.25) is 5.69 Å². The van der Waals surface area contributed by atoms with Crippen LogP contribution in [0, 0.1) is 6.57 Å². The Balaban J connectivity index is 3.31. The van der Waals surface area contributed by atoms with Crippen molar-refractivity contribution in [2.75, 3.05) is 0 Å². The van der Waals surface area contributed by atoms with Crippen LogP contribution in [0.4, 0.5) is 5.69 Å². The van der Waals surface area contributed by atoms with E-state index >= 15 is 0 Å². The normalized spacial score (nSPS) is 8.90. The summed E-state index contributed by atoms with van der Waals surface area (Å²) in [5, 5.41) is 0.484. The zero-order valence-electron chi connectivity index (χ0n) is 4.94. The maximum absolute atomic E-state index is 6.70. The Morgan fingerprint density at radius 3 is 2.70 bits per heavy atom. The summed E-state index contributed by atoms with van der Waals surface area (Å²) in [5.41, 5.74) is 0.482. The van der Waals surface area contributed by atoms with Gasteiger partial charge in [-0.2, -0.15) is 0 Å². The molecule has 1 aromatic carbocycles. The van der Waals surface area contributed by atoms with Crippen molar-refractivity contribution in [1.82, 2.24) is 0 Å². The van der Waals surface area contributed by atoms with Crippen LogP contribution in [-0.2, 0) is 0 Å². The molecule has 0 fully saturated rings. The summed E-state index contributed by atoms with van der Waals surface area (Å²) in [6.07, 6.45) is 0. The molecule has 10 heavy (non-hydrogen) atoms. The van der Waals surface area contributed by atoms with Gasteiger partial charge >= 0.3 is 0 Å². The lowest BCUT2D eigenvalue weighted by Crippen LogP contribution is -1.66. The Morgan fingerprint density at radius 1 is 1.50 bits per heavy atom. The van der Waals surface area contributed by atoms with Gasteiger partial charge in [-0.15, -0.1) is 0 Å². The molecule has 0 bridgehead atoms. The second-order valence-electron chi connectivity index (χ2n) is 1.68. The van der Waals surface area contributed by atoms with Crippen LogP contribution in [0.25, 0.3) is 4.85 Å². The van der Waals surface area contributed by atoms with Gasteiger partial charge in [-0.1, -0.05) is 39.7 Å². The van der Waals surface area contributed by atoms with E-state index in [1.54, 1.807) is 18.2 Å². The number of nitrogens with zero attached hydrogens (tertiary/aromatic N) is 1. The van der Waals surface area contributed by atoms with E-state index in [9.17, 15) is 0 Å². The van der Waals surface area contributed by atoms with E-state index in [0.717, 1.165) is 4.47 Å². The molecule has 1 aromatic rings. The van der Waals surface area contributed by atoms with Crippen molar-refractivity contribution in [3.8, 4) is 0 Å². The van der Waals surface area contributed by atoms with Crippen LogP contribution < -0.4 is 0 Å². The fourth-order valence-electron chi connectivity index (χ4n) is 0.579. The largest absolute Gasteiger partial charge is 0.237 e. The lowest BCUT2D eigenvalue weighted by molar-refractivity contribution is 1.66. The highest BCUT2D eigenvalue weighted by Crippen LogP contribution is 2.31. The summed E-state index contributed by atoms with van der Waals surface area (Å²) in [7, 11) is 0. The molecule has 0 amide bonds. The zero-order chi connectivity index (χ0) is 7.56. The van der Waals surface area contributed by atoms with Gasteiger partial charge in [0.05, 0.1) is 11.6 Å². The second kappa shape index (κ2) is 3.05. The van der Waals surface area contributed by atoms with E-state index in [4.69, 9.17) is 18.2 Å². The molecule has 0 aliphatic heterocycles. The zero-order valence-corrected chi connectivity index (χ0v) is 7.28. The predicted octanol–water partition coefficient (Wildman–Crippen LogP) is 3.65. The molecule has 0 saturated heterocycles. The first-order valence-electron chi connectivity index (χ1n) is 2.57. The minimum atomic E-state index is 0.482. The van der Waals surface area contributed by atoms with Gasteiger partial charge in [0, 0.05) is 4.47 Å². The highest BCUT2D eigenvalue weighted by atomic mass is 79.9. The summed E-state index contributed by atoms with van der Waals surface area (Å²) >= 11 is 8.94. The van der Waals surface area contributed by atoms with Gasteiger partial charge in [-0.3, -0.25) is 0 Å². The first-order valence-corrected chi connectivity index (χ1v) is 3.74. The molecule has 0 unspecified atom stereocenters. The number of hydrogen-bond acceptors (Lipinski definition) is 0. The summed E-state index contributed by atoms with van der Waals surface area (Å²) < 4.78 is 0.766. The Bertz CT molecular complexity index is 290. The van der Waals surface area contributed by atoms with Crippen molar-refractivity contribution in [2.45, 2.75) is 0 Å². The number of hydrogen-bond donors (Lipinski definition) is 0. The smallest absolute Gasteiger partial charge is 0.206 e. The highest BCUT2D eigenvalue weighted by Gasteiger charge is 2.00. The summed E-state index contributed by atoms with van der Waals surface area (Å²) in [4.78, 5) is 3.22. The monoisotopic (exact) mass is 215 g/mol. The summed E-state index contributed by atoms with van der Waals surface area (Å²) in [6, 6.07) is 5.26. The third-order valence-electron chi connectivity index (χ3n) is 1.05. The summed E-state index contributed by atoms with van der Waals surface area (Å²) in [5.74, 6) is 0. The fourth-order valence-corrected chi connectivity index (χ4v) is 1.10. The molecular weight excluding hydrogens is 213 g/mol. The van der Waals surface area contributed by atoms with Crippen LogP contribution in [0.15, 0.2) is 22.7 Å². The van der Waals surface area contributed by atoms with Crippen molar-refractivity contribution >= 4 is 33.2 Å². The molecule has 50 valence electrons. The van der Waals surface area contributed by atoms with Crippen LogP contribution in [-0.4, -0.2) is 0 Å². The highest BCUT2D eigenvalue weighted by molar-refractivity contribution is 9.10. The van der Waals surface area contributed by atoms with Crippen LogP contribution >= 0.6 is 27.5 Å². The van der Waals surface area contributed by atoms with Crippen molar-refractivity contribution < 1.29 is 0 Å². The van der Waals surface area contributed by atoms with E-state index in [0.29, 0.717) is 10.7 Å². The average molecular weight is 216 g/mol. The third kappa shape index (κ3) is 1.31. The van der Waals surface area contributed by atoms with Crippen LogP contribution in [0.5, 0.6) is 0 Å². The Labute approximate surface area is 72.6 Å². The van der Waals surface area contributed by atoms with E-state index in [1.165, 1.54) is 0 Å². The maximum atomic E-state index is 6.70. The molecule has 1 rings (SSSR count). The van der Waals surface area contributed by atoms with Gasteiger partial charge in [0.25, 0.3) is 0 Å². The number of rotatable bonds is 0. The van der Waals surface area contributed by atoms with Crippen LogP contribution in [0.1, 0.15) is 0 Å². The average Bonchev–Trinajstić information content (AvgIpc) is 1.95. The molecule has 0 aliphatic rings. The molecular formula is C7H3BrClN. The SMILES string of the molecule is [C-]#[N+]c1cccc(Br)c1Cl. The topological polar surface area (TPSA) is 4.36 Å². The van der Waals surface area contributed by atoms with E-state index in [2.05, 4.69) is 20.8 Å². The minimum Gasteiger partial charge on any atom is -0.237 e. The quantitative estimate of drug-likeness (QED) is 0.583. The molecule has 0 aliphatic carbocycles. The van der Waals surface area contributed by atoms with E-state index in [-0.39, 0.29) is 0 Å². The number of halogens is 2. The molecule has 0 spiro atoms. The van der Waals surface area contributed by atoms with Crippen LogP contribution in [0.2, 0.25) is 5.02 Å². The molecule has 1 nitrogen and oxygen atoms in total.